The van der Waals surface area contributed by atoms with Gasteiger partial charge >= 0.3 is 0 Å². The van der Waals surface area contributed by atoms with Gasteiger partial charge < -0.3 is 5.73 Å². The summed E-state index contributed by atoms with van der Waals surface area (Å²) in [5.74, 6) is -1.52. The quantitative estimate of drug-likeness (QED) is 0.648. The van der Waals surface area contributed by atoms with Crippen molar-refractivity contribution in [2.24, 2.45) is 0 Å². The van der Waals surface area contributed by atoms with Crippen LogP contribution in [0.25, 0.3) is 0 Å². The van der Waals surface area contributed by atoms with Gasteiger partial charge in [0.1, 0.15) is 4.90 Å². The van der Waals surface area contributed by atoms with Crippen molar-refractivity contribution in [3.05, 3.63) is 17.7 Å². The van der Waals surface area contributed by atoms with E-state index in [1.165, 1.54) is 0 Å². The van der Waals surface area contributed by atoms with Crippen molar-refractivity contribution in [1.29, 1.82) is 0 Å². The molecule has 1 aromatic heterocycles. The molecule has 0 aliphatic carbocycles. The van der Waals surface area contributed by atoms with E-state index < -0.39 is 37.6 Å². The number of aromatic nitrogens is 1. The van der Waals surface area contributed by atoms with Crippen molar-refractivity contribution in [2.75, 3.05) is 5.73 Å². The Balaban J connectivity index is 3.56. The molecule has 0 amide bonds. The van der Waals surface area contributed by atoms with Gasteiger partial charge in [0.15, 0.2) is 0 Å². The van der Waals surface area contributed by atoms with Crippen LogP contribution in [-0.2, 0) is 9.05 Å². The topological polar surface area (TPSA) is 73.1 Å². The number of nitrogens with two attached hydrogens (primary N) is 1. The monoisotopic (exact) mass is 260 g/mol. The summed E-state index contributed by atoms with van der Waals surface area (Å²) in [4.78, 5) is 2.00. The van der Waals surface area contributed by atoms with Crippen LogP contribution in [0.2, 0.25) is 0 Å². The summed E-state index contributed by atoms with van der Waals surface area (Å²) in [7, 11) is 0.556. The van der Waals surface area contributed by atoms with Crippen LogP contribution in [0.5, 0.6) is 0 Å². The minimum absolute atomic E-state index is 0.485. The molecule has 9 heteroatoms. The molecule has 0 saturated carbocycles. The Labute approximate surface area is 87.3 Å². The second-order valence-electron chi connectivity index (χ2n) is 2.48. The lowest BCUT2D eigenvalue weighted by Crippen LogP contribution is -2.07. The third-order valence-electron chi connectivity index (χ3n) is 1.55. The zero-order valence-electron chi connectivity index (χ0n) is 6.92. The highest BCUT2D eigenvalue weighted by Crippen LogP contribution is 2.32. The molecular formula is C6H4ClF3N2O2S. The van der Waals surface area contributed by atoms with Gasteiger partial charge in [-0.05, 0) is 0 Å². The van der Waals surface area contributed by atoms with E-state index in [-0.39, 0.29) is 0 Å². The average Bonchev–Trinajstić information content (AvgIpc) is 2.00. The van der Waals surface area contributed by atoms with E-state index in [1.807, 2.05) is 0 Å². The molecule has 0 spiro atoms. The van der Waals surface area contributed by atoms with Gasteiger partial charge in [0.2, 0.25) is 5.95 Å². The van der Waals surface area contributed by atoms with Crippen molar-refractivity contribution >= 4 is 25.4 Å². The number of anilines is 1. The molecule has 0 aliphatic rings. The van der Waals surface area contributed by atoms with Crippen LogP contribution in [0, 0.1) is 5.95 Å². The Kier molecular flexibility index (Phi) is 3.10. The first-order valence-corrected chi connectivity index (χ1v) is 5.72. The predicted octanol–water partition coefficient (Wildman–Crippen LogP) is 1.67. The first-order chi connectivity index (χ1) is 6.75. The summed E-state index contributed by atoms with van der Waals surface area (Å²) in [6.07, 6.45) is -2.78. The first kappa shape index (κ1) is 12.1. The van der Waals surface area contributed by atoms with Crippen LogP contribution in [0.1, 0.15) is 12.0 Å². The molecule has 0 radical (unpaired) electrons. The van der Waals surface area contributed by atoms with Crippen LogP contribution in [0.15, 0.2) is 11.1 Å². The number of halogens is 4. The summed E-state index contributed by atoms with van der Waals surface area (Å²) in [5, 5.41) is 0. The molecule has 0 unspecified atom stereocenters. The summed E-state index contributed by atoms with van der Waals surface area (Å²) < 4.78 is 58.9. The molecular weight excluding hydrogens is 257 g/mol. The maximum atomic E-state index is 12.8. The number of hydrogen-bond donors (Lipinski definition) is 1. The SMILES string of the molecule is Nc1c(S(=O)(=O)Cl)cnc(F)c1C(F)F. The molecule has 1 aromatic rings. The molecule has 84 valence electrons. The van der Waals surface area contributed by atoms with E-state index in [0.717, 1.165) is 0 Å². The van der Waals surface area contributed by atoms with E-state index in [9.17, 15) is 21.6 Å². The van der Waals surface area contributed by atoms with Gasteiger partial charge in [0.25, 0.3) is 15.5 Å². The molecule has 1 rings (SSSR count). The standard InChI is InChI=1S/C6H4ClF3N2O2S/c7-15(13,14)2-1-12-6(10)3(4(2)11)5(8)9/h1,5H,(H2,11,12). The van der Waals surface area contributed by atoms with E-state index in [0.29, 0.717) is 6.20 Å². The summed E-state index contributed by atoms with van der Waals surface area (Å²) in [6, 6.07) is 0. The highest BCUT2D eigenvalue weighted by Gasteiger charge is 2.25. The summed E-state index contributed by atoms with van der Waals surface area (Å²) in [5.41, 5.74) is 2.86. The van der Waals surface area contributed by atoms with Gasteiger partial charge in [-0.25, -0.2) is 22.2 Å². The number of alkyl halides is 2. The lowest BCUT2D eigenvalue weighted by Gasteiger charge is -2.07. The maximum absolute atomic E-state index is 12.8. The Bertz CT molecular complexity index is 491. The molecule has 4 nitrogen and oxygen atoms in total. The van der Waals surface area contributed by atoms with Gasteiger partial charge in [0.05, 0.1) is 17.4 Å². The van der Waals surface area contributed by atoms with Crippen molar-refractivity contribution in [2.45, 2.75) is 11.3 Å². The Morgan fingerprint density at radius 2 is 2.00 bits per heavy atom. The molecule has 1 heterocycles. The highest BCUT2D eigenvalue weighted by molar-refractivity contribution is 8.13. The maximum Gasteiger partial charge on any atom is 0.270 e. The molecule has 0 atom stereocenters. The second-order valence-corrected chi connectivity index (χ2v) is 5.01. The minimum Gasteiger partial charge on any atom is -0.397 e. The fourth-order valence-corrected chi connectivity index (χ4v) is 1.82. The Morgan fingerprint density at radius 1 is 1.47 bits per heavy atom. The smallest absolute Gasteiger partial charge is 0.270 e. The first-order valence-electron chi connectivity index (χ1n) is 3.42. The van der Waals surface area contributed by atoms with Gasteiger partial charge in [-0.3, -0.25) is 0 Å². The summed E-state index contributed by atoms with van der Waals surface area (Å²) in [6.45, 7) is 0. The lowest BCUT2D eigenvalue weighted by molar-refractivity contribution is 0.146. The van der Waals surface area contributed by atoms with Crippen LogP contribution in [0.4, 0.5) is 18.9 Å². The van der Waals surface area contributed by atoms with Gasteiger partial charge in [-0.2, -0.15) is 4.39 Å². The molecule has 0 fully saturated rings. The molecule has 0 aliphatic heterocycles. The van der Waals surface area contributed by atoms with Crippen molar-refractivity contribution < 1.29 is 21.6 Å². The van der Waals surface area contributed by atoms with Crippen molar-refractivity contribution in [3.8, 4) is 0 Å². The van der Waals surface area contributed by atoms with Crippen LogP contribution in [-0.4, -0.2) is 13.4 Å². The third-order valence-corrected chi connectivity index (χ3v) is 2.90. The minimum atomic E-state index is -4.32. The summed E-state index contributed by atoms with van der Waals surface area (Å²) >= 11 is 0. The van der Waals surface area contributed by atoms with Crippen LogP contribution in [0.3, 0.4) is 0 Å². The lowest BCUT2D eigenvalue weighted by atomic mass is 10.2. The predicted molar refractivity (Wildman–Crippen MR) is 46.6 cm³/mol. The van der Waals surface area contributed by atoms with Crippen LogP contribution < -0.4 is 5.73 Å². The molecule has 0 saturated heterocycles. The largest absolute Gasteiger partial charge is 0.397 e. The third kappa shape index (κ3) is 2.32. The molecule has 2 N–H and O–H groups in total. The molecule has 0 aromatic carbocycles. The molecule has 0 bridgehead atoms. The number of nitrogen functional groups attached to an aromatic ring is 1. The van der Waals surface area contributed by atoms with Crippen molar-refractivity contribution in [3.63, 3.8) is 0 Å². The zero-order valence-corrected chi connectivity index (χ0v) is 8.49. The average molecular weight is 261 g/mol. The van der Waals surface area contributed by atoms with Crippen molar-refractivity contribution in [1.82, 2.24) is 4.98 Å². The van der Waals surface area contributed by atoms with Gasteiger partial charge in [0, 0.05) is 10.7 Å². The van der Waals surface area contributed by atoms with E-state index in [1.54, 1.807) is 0 Å². The second kappa shape index (κ2) is 3.86. The van der Waals surface area contributed by atoms with E-state index >= 15 is 0 Å². The van der Waals surface area contributed by atoms with Gasteiger partial charge in [-0.1, -0.05) is 0 Å². The van der Waals surface area contributed by atoms with Crippen LogP contribution >= 0.6 is 10.7 Å². The number of nitrogens with zero attached hydrogens (tertiary/aromatic N) is 1. The number of rotatable bonds is 2. The fraction of sp³-hybridized carbons (Fsp3) is 0.167. The Hall–Kier alpha value is -1.02. The number of pyridine rings is 1. The normalized spacial score (nSPS) is 12.1. The highest BCUT2D eigenvalue weighted by atomic mass is 35.7. The number of hydrogen-bond acceptors (Lipinski definition) is 4. The van der Waals surface area contributed by atoms with E-state index in [4.69, 9.17) is 16.4 Å². The zero-order chi connectivity index (χ0) is 11.8. The van der Waals surface area contributed by atoms with E-state index in [2.05, 4.69) is 4.98 Å². The fourth-order valence-electron chi connectivity index (χ4n) is 0.900. The Morgan fingerprint density at radius 3 is 2.40 bits per heavy atom. The molecule has 15 heavy (non-hydrogen) atoms. The van der Waals surface area contributed by atoms with Gasteiger partial charge in [-0.15, -0.1) is 0 Å².